The van der Waals surface area contributed by atoms with Gasteiger partial charge < -0.3 is 0 Å². The largest absolute Gasteiger partial charge is 0.218 e. The average molecular weight is 465 g/mol. The van der Waals surface area contributed by atoms with E-state index >= 15 is 0 Å². The highest BCUT2D eigenvalue weighted by atomic mass is 35.5. The van der Waals surface area contributed by atoms with Crippen LogP contribution in [0.1, 0.15) is 5.56 Å². The molecule has 0 saturated carbocycles. The SMILES string of the molecule is Cc1ccc(S(=O)(=O)C(Cl)=P(c2ccccc2)(c2ccccc2)c2ccccc2)cc1. The van der Waals surface area contributed by atoms with Crippen molar-refractivity contribution in [3.8, 4) is 0 Å². The van der Waals surface area contributed by atoms with Gasteiger partial charge in [0.15, 0.2) is 0 Å². The zero-order chi connectivity index (χ0) is 21.9. The standard InChI is InChI=1S/C26H22ClO2PS/c1-21-17-19-25(20-18-21)31(28,29)26(27)30(22-11-5-2-6-12-22,23-13-7-3-8-14-23)24-15-9-4-10-16-24/h2-20H,1H3. The van der Waals surface area contributed by atoms with Crippen molar-refractivity contribution in [3.63, 3.8) is 0 Å². The van der Waals surface area contributed by atoms with E-state index in [4.69, 9.17) is 11.6 Å². The minimum atomic E-state index is -3.93. The van der Waals surface area contributed by atoms with Crippen LogP contribution in [-0.2, 0) is 9.84 Å². The summed E-state index contributed by atoms with van der Waals surface area (Å²) in [4.78, 5) is 0.204. The Labute approximate surface area is 189 Å². The van der Waals surface area contributed by atoms with Crippen molar-refractivity contribution >= 4 is 48.3 Å². The maximum absolute atomic E-state index is 13.9. The van der Waals surface area contributed by atoms with Crippen LogP contribution in [0.15, 0.2) is 120 Å². The topological polar surface area (TPSA) is 34.1 Å². The maximum atomic E-state index is 13.9. The van der Waals surface area contributed by atoms with Gasteiger partial charge in [0, 0.05) is 6.89 Å². The summed E-state index contributed by atoms with van der Waals surface area (Å²) in [6, 6.07) is 36.0. The fourth-order valence-corrected chi connectivity index (χ4v) is 11.6. The highest BCUT2D eigenvalue weighted by molar-refractivity contribution is 8.23. The summed E-state index contributed by atoms with van der Waals surface area (Å²) in [6.07, 6.45) is 0. The van der Waals surface area contributed by atoms with Gasteiger partial charge in [-0.3, -0.25) is 0 Å². The molecular weight excluding hydrogens is 443 g/mol. The molecule has 0 atom stereocenters. The molecule has 0 N–H and O–H groups in total. The Kier molecular flexibility index (Phi) is 6.20. The third-order valence-electron chi connectivity index (χ3n) is 5.25. The summed E-state index contributed by atoms with van der Waals surface area (Å²) < 4.78 is 27.7. The molecule has 2 nitrogen and oxygen atoms in total. The first-order valence-corrected chi connectivity index (χ1v) is 13.5. The second-order valence-electron chi connectivity index (χ2n) is 7.25. The van der Waals surface area contributed by atoms with Crippen LogP contribution in [0.2, 0.25) is 0 Å². The van der Waals surface area contributed by atoms with E-state index in [0.717, 1.165) is 21.5 Å². The predicted molar refractivity (Wildman–Crippen MR) is 134 cm³/mol. The van der Waals surface area contributed by atoms with Gasteiger partial charge in [0.2, 0.25) is 9.84 Å². The van der Waals surface area contributed by atoms with Gasteiger partial charge in [-0.25, -0.2) is 8.42 Å². The van der Waals surface area contributed by atoms with E-state index in [2.05, 4.69) is 0 Å². The summed E-state index contributed by atoms with van der Waals surface area (Å²) in [5.41, 5.74) is 0.991. The number of rotatable bonds is 5. The van der Waals surface area contributed by atoms with Crippen molar-refractivity contribution in [2.45, 2.75) is 11.8 Å². The first-order chi connectivity index (χ1) is 15.0. The van der Waals surface area contributed by atoms with Crippen LogP contribution in [0.25, 0.3) is 0 Å². The third kappa shape index (κ3) is 3.90. The molecule has 0 radical (unpaired) electrons. The molecule has 0 saturated heterocycles. The molecule has 0 bridgehead atoms. The van der Waals surface area contributed by atoms with Crippen LogP contribution in [0.4, 0.5) is 0 Å². The summed E-state index contributed by atoms with van der Waals surface area (Å²) >= 11 is 7.05. The molecule has 0 aromatic heterocycles. The molecule has 4 aromatic carbocycles. The van der Waals surface area contributed by atoms with E-state index in [1.54, 1.807) is 24.3 Å². The van der Waals surface area contributed by atoms with Crippen molar-refractivity contribution < 1.29 is 8.42 Å². The Bertz CT molecular complexity index is 1230. The zero-order valence-corrected chi connectivity index (χ0v) is 19.5. The van der Waals surface area contributed by atoms with E-state index in [9.17, 15) is 8.42 Å². The predicted octanol–water partition coefficient (Wildman–Crippen LogP) is 5.09. The fourth-order valence-electron chi connectivity index (χ4n) is 3.70. The molecule has 0 unspecified atom stereocenters. The Hall–Kier alpha value is -2.58. The second kappa shape index (κ2) is 8.88. The van der Waals surface area contributed by atoms with Gasteiger partial charge in [0.1, 0.15) is 4.08 Å². The third-order valence-corrected chi connectivity index (χ3v) is 13.2. The van der Waals surface area contributed by atoms with Gasteiger partial charge >= 0.3 is 0 Å². The van der Waals surface area contributed by atoms with Crippen molar-refractivity contribution in [3.05, 3.63) is 121 Å². The number of hydrogen-bond donors (Lipinski definition) is 0. The van der Waals surface area contributed by atoms with Crippen molar-refractivity contribution in [1.82, 2.24) is 0 Å². The molecule has 0 aliphatic heterocycles. The Morgan fingerprint density at radius 1 is 0.613 bits per heavy atom. The van der Waals surface area contributed by atoms with E-state index in [1.807, 2.05) is 97.9 Å². The Morgan fingerprint density at radius 3 is 1.32 bits per heavy atom. The van der Waals surface area contributed by atoms with Gasteiger partial charge in [-0.1, -0.05) is 120 Å². The van der Waals surface area contributed by atoms with Crippen molar-refractivity contribution in [2.75, 3.05) is 0 Å². The van der Waals surface area contributed by atoms with E-state index in [1.165, 1.54) is 0 Å². The lowest BCUT2D eigenvalue weighted by Gasteiger charge is -2.30. The highest BCUT2D eigenvalue weighted by Gasteiger charge is 2.36. The monoisotopic (exact) mass is 464 g/mol. The first kappa shape index (κ1) is 21.6. The van der Waals surface area contributed by atoms with Crippen LogP contribution < -0.4 is 15.9 Å². The summed E-state index contributed by atoms with van der Waals surface area (Å²) in [5, 5.41) is 2.69. The minimum absolute atomic E-state index is 0.0348. The molecule has 156 valence electrons. The van der Waals surface area contributed by atoms with Gasteiger partial charge in [-0.2, -0.15) is 0 Å². The van der Waals surface area contributed by atoms with E-state index < -0.39 is 16.7 Å². The fraction of sp³-hybridized carbons (Fsp3) is 0.0385. The molecule has 0 amide bonds. The molecule has 5 heteroatoms. The van der Waals surface area contributed by atoms with Crippen LogP contribution in [0.5, 0.6) is 0 Å². The number of hydrogen-bond acceptors (Lipinski definition) is 2. The maximum Gasteiger partial charge on any atom is 0.218 e. The lowest BCUT2D eigenvalue weighted by Crippen LogP contribution is -2.31. The van der Waals surface area contributed by atoms with Gasteiger partial charge in [-0.15, -0.1) is 0 Å². The molecule has 0 heterocycles. The molecule has 0 aliphatic carbocycles. The second-order valence-corrected chi connectivity index (χ2v) is 13.6. The highest BCUT2D eigenvalue weighted by Crippen LogP contribution is 2.49. The van der Waals surface area contributed by atoms with E-state index in [-0.39, 0.29) is 8.98 Å². The Morgan fingerprint density at radius 2 is 0.968 bits per heavy atom. The molecular formula is C26H22ClO2PS. The molecule has 4 rings (SSSR count). The smallest absolute Gasteiger partial charge is 0.218 e. The summed E-state index contributed by atoms with van der Waals surface area (Å²) in [5.74, 6) is 0. The average Bonchev–Trinajstić information content (AvgIpc) is 2.82. The van der Waals surface area contributed by atoms with Crippen molar-refractivity contribution in [2.24, 2.45) is 0 Å². The van der Waals surface area contributed by atoms with E-state index in [0.29, 0.717) is 0 Å². The minimum Gasteiger partial charge on any atom is -0.218 e. The number of benzene rings is 4. The van der Waals surface area contributed by atoms with Crippen LogP contribution in [0, 0.1) is 6.92 Å². The molecule has 4 aromatic rings. The zero-order valence-electron chi connectivity index (χ0n) is 17.0. The lowest BCUT2D eigenvalue weighted by molar-refractivity contribution is 0.608. The lowest BCUT2D eigenvalue weighted by atomic mass is 10.2. The van der Waals surface area contributed by atoms with Crippen LogP contribution in [0.3, 0.4) is 0 Å². The number of aryl methyl sites for hydroxylation is 1. The molecule has 0 fully saturated rings. The number of sulfone groups is 1. The molecule has 0 aliphatic rings. The van der Waals surface area contributed by atoms with Gasteiger partial charge in [0.05, 0.1) is 4.90 Å². The Balaban J connectivity index is 2.21. The summed E-state index contributed by atoms with van der Waals surface area (Å²) in [7, 11) is -3.93. The van der Waals surface area contributed by atoms with Gasteiger partial charge in [-0.05, 0) is 35.0 Å². The normalized spacial score (nSPS) is 11.8. The van der Waals surface area contributed by atoms with Crippen LogP contribution >= 0.6 is 18.5 Å². The van der Waals surface area contributed by atoms with Gasteiger partial charge in [0.25, 0.3) is 0 Å². The molecule has 0 spiro atoms. The number of halogens is 1. The first-order valence-electron chi connectivity index (χ1n) is 9.88. The summed E-state index contributed by atoms with van der Waals surface area (Å²) in [6.45, 7) is -0.922. The molecule has 31 heavy (non-hydrogen) atoms. The van der Waals surface area contributed by atoms with Crippen molar-refractivity contribution in [1.29, 1.82) is 0 Å². The quantitative estimate of drug-likeness (QED) is 0.385. The van der Waals surface area contributed by atoms with Crippen LogP contribution in [-0.4, -0.2) is 12.5 Å².